The Kier molecular flexibility index (Phi) is 24.0. The highest BCUT2D eigenvalue weighted by Crippen LogP contribution is 2.20. The van der Waals surface area contributed by atoms with E-state index < -0.39 is 21.5 Å². The van der Waals surface area contributed by atoms with Gasteiger partial charge in [-0.05, 0) is 32.1 Å². The normalized spacial score (nSPS) is 13.5. The Bertz CT molecular complexity index is 613. The number of aliphatic hydroxyl groups excluding tert-OH is 1. The van der Waals surface area contributed by atoms with Crippen molar-refractivity contribution in [3.63, 3.8) is 0 Å². The molecule has 0 aliphatic carbocycles. The molecule has 0 rings (SSSR count). The standard InChI is InChI=1S/C30H61NO5S/c1-4-7-10-13-16-19-24-29(37(34,35)36)28(32)23-18-15-14-17-20-25-30(33)31(26-21-11-8-5-2)27-22-12-9-6-3/h28-29,32H,4-27H2,1-3H3,(H,34,35,36). The number of amides is 1. The number of aliphatic hydroxyl groups is 1. The van der Waals surface area contributed by atoms with Crippen molar-refractivity contribution in [3.8, 4) is 0 Å². The third-order valence-electron chi connectivity index (χ3n) is 7.46. The van der Waals surface area contributed by atoms with E-state index in [-0.39, 0.29) is 5.91 Å². The van der Waals surface area contributed by atoms with Gasteiger partial charge in [0, 0.05) is 19.5 Å². The van der Waals surface area contributed by atoms with Crippen LogP contribution in [0, 0.1) is 0 Å². The zero-order chi connectivity index (χ0) is 27.8. The van der Waals surface area contributed by atoms with Crippen LogP contribution in [-0.2, 0) is 14.9 Å². The Balaban J connectivity index is 4.21. The molecule has 2 N–H and O–H groups in total. The minimum absolute atomic E-state index is 0.286. The molecule has 0 heterocycles. The average Bonchev–Trinajstić information content (AvgIpc) is 2.85. The lowest BCUT2D eigenvalue weighted by Crippen LogP contribution is -2.33. The molecule has 0 aromatic rings. The van der Waals surface area contributed by atoms with Crippen molar-refractivity contribution in [1.29, 1.82) is 0 Å². The summed E-state index contributed by atoms with van der Waals surface area (Å²) in [7, 11) is -4.24. The van der Waals surface area contributed by atoms with Crippen LogP contribution in [0.2, 0.25) is 0 Å². The van der Waals surface area contributed by atoms with Crippen molar-refractivity contribution in [2.75, 3.05) is 13.1 Å². The average molecular weight is 548 g/mol. The molecule has 6 nitrogen and oxygen atoms in total. The van der Waals surface area contributed by atoms with Gasteiger partial charge in [-0.1, -0.05) is 124 Å². The fraction of sp³-hybridized carbons (Fsp3) is 0.967. The van der Waals surface area contributed by atoms with Crippen LogP contribution in [0.3, 0.4) is 0 Å². The summed E-state index contributed by atoms with van der Waals surface area (Å²) in [5.74, 6) is 0.286. The highest BCUT2D eigenvalue weighted by Gasteiger charge is 2.30. The maximum absolute atomic E-state index is 12.8. The van der Waals surface area contributed by atoms with Crippen LogP contribution in [-0.4, -0.2) is 53.3 Å². The molecule has 0 aliphatic rings. The maximum Gasteiger partial charge on any atom is 0.270 e. The van der Waals surface area contributed by atoms with Gasteiger partial charge in [0.15, 0.2) is 0 Å². The van der Waals surface area contributed by atoms with E-state index in [9.17, 15) is 22.9 Å². The number of nitrogens with zero attached hydrogens (tertiary/aromatic N) is 1. The van der Waals surface area contributed by atoms with E-state index in [1.165, 1.54) is 51.4 Å². The Morgan fingerprint density at radius 2 is 1.03 bits per heavy atom. The van der Waals surface area contributed by atoms with Gasteiger partial charge in [-0.15, -0.1) is 0 Å². The first kappa shape index (κ1) is 36.3. The Hall–Kier alpha value is -0.660. The summed E-state index contributed by atoms with van der Waals surface area (Å²) < 4.78 is 33.2. The topological polar surface area (TPSA) is 94.9 Å². The van der Waals surface area contributed by atoms with Crippen LogP contribution >= 0.6 is 0 Å². The third-order valence-corrected chi connectivity index (χ3v) is 8.78. The van der Waals surface area contributed by atoms with Crippen LogP contribution < -0.4 is 0 Å². The van der Waals surface area contributed by atoms with Gasteiger partial charge in [0.1, 0.15) is 5.25 Å². The molecule has 0 aromatic carbocycles. The molecule has 222 valence electrons. The monoisotopic (exact) mass is 547 g/mol. The maximum atomic E-state index is 12.8. The SMILES string of the molecule is CCCCCCCCC(C(O)CCCCCCCC(=O)N(CCCCCC)CCCCCC)S(=O)(=O)O. The summed E-state index contributed by atoms with van der Waals surface area (Å²) in [6, 6.07) is 0. The predicted molar refractivity (Wildman–Crippen MR) is 157 cm³/mol. The minimum Gasteiger partial charge on any atom is -0.392 e. The smallest absolute Gasteiger partial charge is 0.270 e. The van der Waals surface area contributed by atoms with Gasteiger partial charge >= 0.3 is 0 Å². The molecule has 0 spiro atoms. The van der Waals surface area contributed by atoms with Crippen molar-refractivity contribution in [1.82, 2.24) is 4.90 Å². The van der Waals surface area contributed by atoms with Crippen molar-refractivity contribution in [3.05, 3.63) is 0 Å². The van der Waals surface area contributed by atoms with Crippen molar-refractivity contribution in [2.24, 2.45) is 0 Å². The molecule has 37 heavy (non-hydrogen) atoms. The molecule has 2 unspecified atom stereocenters. The first-order valence-electron chi connectivity index (χ1n) is 15.7. The first-order valence-corrected chi connectivity index (χ1v) is 17.2. The molecule has 0 fully saturated rings. The van der Waals surface area contributed by atoms with E-state index in [1.54, 1.807) is 0 Å². The summed E-state index contributed by atoms with van der Waals surface area (Å²) in [6.07, 6.45) is 20.5. The number of rotatable bonds is 27. The number of carbonyl (C=O) groups excluding carboxylic acids is 1. The minimum atomic E-state index is -4.24. The molecular formula is C30H61NO5S. The molecule has 0 saturated carbocycles. The van der Waals surface area contributed by atoms with E-state index in [4.69, 9.17) is 0 Å². The zero-order valence-corrected chi connectivity index (χ0v) is 25.4. The molecule has 0 aliphatic heterocycles. The van der Waals surface area contributed by atoms with Crippen LogP contribution in [0.25, 0.3) is 0 Å². The van der Waals surface area contributed by atoms with Gasteiger partial charge in [0.05, 0.1) is 6.10 Å². The van der Waals surface area contributed by atoms with Crippen molar-refractivity contribution < 1.29 is 22.9 Å². The Morgan fingerprint density at radius 3 is 1.51 bits per heavy atom. The quantitative estimate of drug-likeness (QED) is 0.0800. The molecule has 7 heteroatoms. The van der Waals surface area contributed by atoms with Gasteiger partial charge in [-0.25, -0.2) is 0 Å². The van der Waals surface area contributed by atoms with Crippen molar-refractivity contribution >= 4 is 16.0 Å². The van der Waals surface area contributed by atoms with E-state index in [2.05, 4.69) is 25.7 Å². The summed E-state index contributed by atoms with van der Waals surface area (Å²) in [5, 5.41) is 9.37. The summed E-state index contributed by atoms with van der Waals surface area (Å²) in [5.41, 5.74) is 0. The highest BCUT2D eigenvalue weighted by molar-refractivity contribution is 7.86. The summed E-state index contributed by atoms with van der Waals surface area (Å²) in [6.45, 7) is 8.34. The zero-order valence-electron chi connectivity index (χ0n) is 24.6. The number of hydrogen-bond donors (Lipinski definition) is 2. The summed E-state index contributed by atoms with van der Waals surface area (Å²) >= 11 is 0. The van der Waals surface area contributed by atoms with E-state index in [0.29, 0.717) is 25.7 Å². The highest BCUT2D eigenvalue weighted by atomic mass is 32.2. The molecule has 0 bridgehead atoms. The van der Waals surface area contributed by atoms with Crippen LogP contribution in [0.15, 0.2) is 0 Å². The van der Waals surface area contributed by atoms with Gasteiger partial charge in [-0.3, -0.25) is 9.35 Å². The lowest BCUT2D eigenvalue weighted by atomic mass is 10.0. The van der Waals surface area contributed by atoms with Crippen LogP contribution in [0.4, 0.5) is 0 Å². The second kappa shape index (κ2) is 24.4. The number of carbonyl (C=O) groups is 1. The lowest BCUT2D eigenvalue weighted by molar-refractivity contribution is -0.131. The lowest BCUT2D eigenvalue weighted by Gasteiger charge is -2.23. The van der Waals surface area contributed by atoms with Crippen LogP contribution in [0.5, 0.6) is 0 Å². The van der Waals surface area contributed by atoms with E-state index in [1.807, 2.05) is 0 Å². The fourth-order valence-corrected chi connectivity index (χ4v) is 5.99. The fourth-order valence-electron chi connectivity index (χ4n) is 4.99. The van der Waals surface area contributed by atoms with Crippen molar-refractivity contribution in [2.45, 2.75) is 173 Å². The Labute approximate surface area is 230 Å². The molecule has 0 saturated heterocycles. The van der Waals surface area contributed by atoms with E-state index in [0.717, 1.165) is 77.3 Å². The van der Waals surface area contributed by atoms with Crippen LogP contribution in [0.1, 0.15) is 162 Å². The molecule has 0 aromatic heterocycles. The second-order valence-corrected chi connectivity index (χ2v) is 12.6. The van der Waals surface area contributed by atoms with Gasteiger partial charge in [-0.2, -0.15) is 8.42 Å². The summed E-state index contributed by atoms with van der Waals surface area (Å²) in [4.78, 5) is 14.9. The van der Waals surface area contributed by atoms with Gasteiger partial charge in [0.25, 0.3) is 10.1 Å². The second-order valence-electron chi connectivity index (χ2n) is 11.0. The number of unbranched alkanes of at least 4 members (excludes halogenated alkanes) is 15. The predicted octanol–water partition coefficient (Wildman–Crippen LogP) is 8.07. The molecule has 0 radical (unpaired) electrons. The van der Waals surface area contributed by atoms with Gasteiger partial charge in [0.2, 0.25) is 5.91 Å². The molecule has 2 atom stereocenters. The Morgan fingerprint density at radius 1 is 0.622 bits per heavy atom. The largest absolute Gasteiger partial charge is 0.392 e. The van der Waals surface area contributed by atoms with E-state index >= 15 is 0 Å². The number of hydrogen-bond acceptors (Lipinski definition) is 4. The third kappa shape index (κ3) is 20.9. The molecular weight excluding hydrogens is 486 g/mol. The molecule has 1 amide bonds. The first-order chi connectivity index (χ1) is 17.8. The van der Waals surface area contributed by atoms with Gasteiger partial charge < -0.3 is 10.0 Å².